The van der Waals surface area contributed by atoms with E-state index in [2.05, 4.69) is 53.9 Å². The Morgan fingerprint density at radius 1 is 1.07 bits per heavy atom. The first-order valence-electron chi connectivity index (χ1n) is 10.3. The van der Waals surface area contributed by atoms with E-state index in [9.17, 15) is 4.79 Å². The number of fused-ring (bicyclic) bond motifs is 1. The van der Waals surface area contributed by atoms with Gasteiger partial charge in [-0.2, -0.15) is 0 Å². The molecule has 0 atom stereocenters. The Balaban J connectivity index is 1.43. The fourth-order valence-electron chi connectivity index (χ4n) is 4.79. The normalized spacial score (nSPS) is 18.6. The molecule has 1 aliphatic rings. The molecule has 2 heterocycles. The van der Waals surface area contributed by atoms with Crippen molar-refractivity contribution in [2.45, 2.75) is 64.2 Å². The second kappa shape index (κ2) is 7.30. The average molecular weight is 391 g/mol. The molecular weight excluding hydrogens is 360 g/mol. The highest BCUT2D eigenvalue weighted by Gasteiger charge is 2.38. The molecule has 1 aromatic heterocycles. The molecule has 0 spiro atoms. The van der Waals surface area contributed by atoms with E-state index in [1.807, 2.05) is 48.8 Å². The molecule has 1 amide bonds. The predicted molar refractivity (Wildman–Crippen MR) is 117 cm³/mol. The van der Waals surface area contributed by atoms with Crippen molar-refractivity contribution in [3.63, 3.8) is 0 Å². The molecule has 0 unspecified atom stereocenters. The van der Waals surface area contributed by atoms with E-state index in [1.54, 1.807) is 0 Å². The monoisotopic (exact) mass is 390 g/mol. The van der Waals surface area contributed by atoms with Crippen LogP contribution in [0.5, 0.6) is 0 Å². The van der Waals surface area contributed by atoms with Gasteiger partial charge >= 0.3 is 0 Å². The van der Waals surface area contributed by atoms with Gasteiger partial charge in [0.05, 0.1) is 17.4 Å². The first-order valence-corrected chi connectivity index (χ1v) is 10.3. The van der Waals surface area contributed by atoms with Gasteiger partial charge in [0.25, 0.3) is 5.91 Å². The van der Waals surface area contributed by atoms with Crippen LogP contribution in [-0.4, -0.2) is 32.6 Å². The minimum atomic E-state index is 0.00290. The molecule has 29 heavy (non-hydrogen) atoms. The van der Waals surface area contributed by atoms with Gasteiger partial charge in [-0.05, 0) is 70.4 Å². The smallest absolute Gasteiger partial charge is 0.251 e. The lowest BCUT2D eigenvalue weighted by molar-refractivity contribution is 0.0873. The second-order valence-corrected chi connectivity index (χ2v) is 9.53. The molecule has 0 radical (unpaired) electrons. The van der Waals surface area contributed by atoms with E-state index in [1.165, 1.54) is 0 Å². The van der Waals surface area contributed by atoms with E-state index in [0.29, 0.717) is 5.56 Å². The molecule has 0 bridgehead atoms. The number of imidazole rings is 1. The number of amides is 1. The fourth-order valence-corrected chi connectivity index (χ4v) is 4.79. The number of nitrogens with one attached hydrogen (secondary N) is 2. The van der Waals surface area contributed by atoms with Gasteiger partial charge in [-0.25, -0.2) is 4.98 Å². The highest BCUT2D eigenvalue weighted by molar-refractivity contribution is 5.94. The Morgan fingerprint density at radius 2 is 1.72 bits per heavy atom. The van der Waals surface area contributed by atoms with Crippen molar-refractivity contribution in [1.29, 1.82) is 0 Å². The number of rotatable bonds is 4. The Bertz CT molecular complexity index is 1000. The molecule has 1 fully saturated rings. The Morgan fingerprint density at radius 3 is 2.41 bits per heavy atom. The third-order valence-electron chi connectivity index (χ3n) is 5.62. The number of para-hydroxylation sites is 2. The van der Waals surface area contributed by atoms with E-state index in [4.69, 9.17) is 0 Å². The zero-order valence-corrected chi connectivity index (χ0v) is 17.7. The van der Waals surface area contributed by atoms with Crippen molar-refractivity contribution in [3.8, 4) is 0 Å². The van der Waals surface area contributed by atoms with Crippen LogP contribution in [0.4, 0.5) is 0 Å². The first kappa shape index (κ1) is 19.6. The van der Waals surface area contributed by atoms with Crippen molar-refractivity contribution in [2.75, 3.05) is 0 Å². The van der Waals surface area contributed by atoms with E-state index in [-0.39, 0.29) is 23.0 Å². The summed E-state index contributed by atoms with van der Waals surface area (Å²) in [7, 11) is 0. The summed E-state index contributed by atoms with van der Waals surface area (Å²) in [5.41, 5.74) is 3.99. The Kier molecular flexibility index (Phi) is 4.95. The molecule has 4 rings (SSSR count). The van der Waals surface area contributed by atoms with Crippen molar-refractivity contribution in [2.24, 2.45) is 0 Å². The van der Waals surface area contributed by atoms with Crippen LogP contribution in [-0.2, 0) is 6.54 Å². The molecule has 0 aliphatic carbocycles. The van der Waals surface area contributed by atoms with Gasteiger partial charge in [0.2, 0.25) is 0 Å². The van der Waals surface area contributed by atoms with Crippen LogP contribution >= 0.6 is 0 Å². The van der Waals surface area contributed by atoms with Gasteiger partial charge in [0.15, 0.2) is 0 Å². The van der Waals surface area contributed by atoms with Gasteiger partial charge in [-0.15, -0.1) is 0 Å². The maximum absolute atomic E-state index is 12.8. The van der Waals surface area contributed by atoms with Crippen LogP contribution in [0, 0.1) is 0 Å². The van der Waals surface area contributed by atoms with Crippen LogP contribution in [0.2, 0.25) is 0 Å². The van der Waals surface area contributed by atoms with E-state index >= 15 is 0 Å². The van der Waals surface area contributed by atoms with Crippen molar-refractivity contribution >= 4 is 16.9 Å². The molecule has 5 nitrogen and oxygen atoms in total. The molecule has 0 saturated carbocycles. The summed E-state index contributed by atoms with van der Waals surface area (Å²) in [6.45, 7) is 9.52. The van der Waals surface area contributed by atoms with E-state index in [0.717, 1.165) is 36.0 Å². The Labute approximate surface area is 172 Å². The zero-order valence-electron chi connectivity index (χ0n) is 17.7. The van der Waals surface area contributed by atoms with Gasteiger partial charge in [-0.1, -0.05) is 24.3 Å². The number of benzene rings is 2. The highest BCUT2D eigenvalue weighted by Crippen LogP contribution is 2.28. The lowest BCUT2D eigenvalue weighted by atomic mass is 9.79. The zero-order chi connectivity index (χ0) is 20.6. The molecule has 2 aromatic carbocycles. The fraction of sp³-hybridized carbons (Fsp3) is 0.417. The number of hydrogen-bond donors (Lipinski definition) is 2. The molecule has 1 saturated heterocycles. The summed E-state index contributed by atoms with van der Waals surface area (Å²) in [6, 6.07) is 16.2. The average Bonchev–Trinajstić information content (AvgIpc) is 3.03. The number of piperidine rings is 1. The highest BCUT2D eigenvalue weighted by atomic mass is 16.1. The standard InChI is InChI=1S/C24H30N4O/c1-23(2)13-19(14-24(3,4)27-23)26-22(29)18-11-9-17(10-12-18)15-28-16-25-20-7-5-6-8-21(20)28/h5-12,16,19,27H,13-15H2,1-4H3,(H,26,29). The topological polar surface area (TPSA) is 59.0 Å². The minimum Gasteiger partial charge on any atom is -0.349 e. The quantitative estimate of drug-likeness (QED) is 0.704. The molecule has 2 N–H and O–H groups in total. The number of carbonyl (C=O) groups excluding carboxylic acids is 1. The number of hydrogen-bond acceptors (Lipinski definition) is 3. The predicted octanol–water partition coefficient (Wildman–Crippen LogP) is 4.12. The summed E-state index contributed by atoms with van der Waals surface area (Å²) in [5.74, 6) is 0.00290. The third-order valence-corrected chi connectivity index (χ3v) is 5.62. The molecule has 3 aromatic rings. The molecular formula is C24H30N4O. The minimum absolute atomic E-state index is 0.00290. The summed E-state index contributed by atoms with van der Waals surface area (Å²) in [5, 5.41) is 6.90. The van der Waals surface area contributed by atoms with Crippen molar-refractivity contribution in [3.05, 3.63) is 66.0 Å². The summed E-state index contributed by atoms with van der Waals surface area (Å²) in [4.78, 5) is 17.2. The number of carbonyl (C=O) groups is 1. The number of aromatic nitrogens is 2. The van der Waals surface area contributed by atoms with Gasteiger partial charge in [0.1, 0.15) is 0 Å². The van der Waals surface area contributed by atoms with Crippen LogP contribution in [0.3, 0.4) is 0 Å². The van der Waals surface area contributed by atoms with Gasteiger partial charge in [-0.3, -0.25) is 4.79 Å². The van der Waals surface area contributed by atoms with Crippen molar-refractivity contribution in [1.82, 2.24) is 20.2 Å². The SMILES string of the molecule is CC1(C)CC(NC(=O)c2ccc(Cn3cnc4ccccc43)cc2)CC(C)(C)N1. The Hall–Kier alpha value is -2.66. The number of nitrogens with zero attached hydrogens (tertiary/aromatic N) is 2. The summed E-state index contributed by atoms with van der Waals surface area (Å²) >= 11 is 0. The lowest BCUT2D eigenvalue weighted by Gasteiger charge is -2.46. The largest absolute Gasteiger partial charge is 0.349 e. The summed E-state index contributed by atoms with van der Waals surface area (Å²) in [6.07, 6.45) is 3.72. The maximum Gasteiger partial charge on any atom is 0.251 e. The van der Waals surface area contributed by atoms with Crippen LogP contribution in [0.15, 0.2) is 54.9 Å². The van der Waals surface area contributed by atoms with Gasteiger partial charge in [0, 0.05) is 29.2 Å². The van der Waals surface area contributed by atoms with Gasteiger partial charge < -0.3 is 15.2 Å². The first-order chi connectivity index (χ1) is 13.7. The lowest BCUT2D eigenvalue weighted by Crippen LogP contribution is -2.62. The van der Waals surface area contributed by atoms with Crippen LogP contribution in [0.25, 0.3) is 11.0 Å². The molecule has 5 heteroatoms. The molecule has 152 valence electrons. The van der Waals surface area contributed by atoms with Crippen molar-refractivity contribution < 1.29 is 4.79 Å². The maximum atomic E-state index is 12.8. The van der Waals surface area contributed by atoms with Crippen LogP contribution in [0.1, 0.15) is 56.5 Å². The van der Waals surface area contributed by atoms with E-state index < -0.39 is 0 Å². The second-order valence-electron chi connectivity index (χ2n) is 9.53. The summed E-state index contributed by atoms with van der Waals surface area (Å²) < 4.78 is 2.13. The third kappa shape index (κ3) is 4.51. The molecule has 1 aliphatic heterocycles. The van der Waals surface area contributed by atoms with Crippen LogP contribution < -0.4 is 10.6 Å².